The third-order valence-corrected chi connectivity index (χ3v) is 5.85. The van der Waals surface area contributed by atoms with Gasteiger partial charge < -0.3 is 24.2 Å². The van der Waals surface area contributed by atoms with Gasteiger partial charge in [-0.15, -0.1) is 11.8 Å². The Balaban J connectivity index is 1.37. The standard InChI is InChI=1S/C22H22N4O5S/c1-14-23-20(25-31-14)11-30-18-7-3-15(4-8-18)22(28)26-13-32-12-19(26)21(27)24-16-5-9-17(29-2)10-6-16/h3-10,19H,11-13H2,1-2H3,(H,24,27). The molecule has 2 aromatic carbocycles. The lowest BCUT2D eigenvalue weighted by atomic mass is 10.1. The van der Waals surface area contributed by atoms with Crippen molar-refractivity contribution < 1.29 is 23.6 Å². The summed E-state index contributed by atoms with van der Waals surface area (Å²) in [5, 5.41) is 6.65. The van der Waals surface area contributed by atoms with Gasteiger partial charge in [-0.1, -0.05) is 5.16 Å². The number of hydrogen-bond acceptors (Lipinski definition) is 8. The van der Waals surface area contributed by atoms with Crippen molar-refractivity contribution in [3.63, 3.8) is 0 Å². The number of amides is 2. The first-order valence-electron chi connectivity index (χ1n) is 9.89. The monoisotopic (exact) mass is 454 g/mol. The summed E-state index contributed by atoms with van der Waals surface area (Å²) in [5.74, 6) is 2.77. The summed E-state index contributed by atoms with van der Waals surface area (Å²) in [5.41, 5.74) is 1.14. The first kappa shape index (κ1) is 21.7. The number of ether oxygens (including phenoxy) is 2. The van der Waals surface area contributed by atoms with Gasteiger partial charge in [0.15, 0.2) is 6.61 Å². The van der Waals surface area contributed by atoms with Crippen LogP contribution < -0.4 is 14.8 Å². The highest BCUT2D eigenvalue weighted by Gasteiger charge is 2.35. The Hall–Kier alpha value is -3.53. The summed E-state index contributed by atoms with van der Waals surface area (Å²) in [6, 6.07) is 13.3. The summed E-state index contributed by atoms with van der Waals surface area (Å²) < 4.78 is 15.7. The van der Waals surface area contributed by atoms with E-state index >= 15 is 0 Å². The largest absolute Gasteiger partial charge is 0.497 e. The molecule has 0 bridgehead atoms. The maximum absolute atomic E-state index is 13.0. The average Bonchev–Trinajstić information content (AvgIpc) is 3.47. The molecule has 9 nitrogen and oxygen atoms in total. The highest BCUT2D eigenvalue weighted by molar-refractivity contribution is 7.99. The minimum absolute atomic E-state index is 0.168. The lowest BCUT2D eigenvalue weighted by molar-refractivity contribution is -0.119. The maximum Gasteiger partial charge on any atom is 0.255 e. The first-order valence-corrected chi connectivity index (χ1v) is 11.0. The smallest absolute Gasteiger partial charge is 0.255 e. The third kappa shape index (κ3) is 5.02. The molecule has 1 aliphatic heterocycles. The fourth-order valence-electron chi connectivity index (χ4n) is 3.17. The quantitative estimate of drug-likeness (QED) is 0.580. The van der Waals surface area contributed by atoms with Crippen LogP contribution in [-0.2, 0) is 11.4 Å². The molecule has 10 heteroatoms. The Bertz CT molecular complexity index is 1080. The second-order valence-corrected chi connectivity index (χ2v) is 8.05. The van der Waals surface area contributed by atoms with Crippen molar-refractivity contribution in [3.8, 4) is 11.5 Å². The topological polar surface area (TPSA) is 107 Å². The van der Waals surface area contributed by atoms with Gasteiger partial charge in [-0.3, -0.25) is 9.59 Å². The van der Waals surface area contributed by atoms with Crippen molar-refractivity contribution >= 4 is 29.3 Å². The van der Waals surface area contributed by atoms with Crippen LogP contribution in [0.2, 0.25) is 0 Å². The minimum atomic E-state index is -0.549. The van der Waals surface area contributed by atoms with Crippen LogP contribution in [-0.4, -0.2) is 51.6 Å². The van der Waals surface area contributed by atoms with Crippen LogP contribution in [0.1, 0.15) is 22.1 Å². The lowest BCUT2D eigenvalue weighted by Crippen LogP contribution is -2.44. The number of hydrogen-bond donors (Lipinski definition) is 1. The second-order valence-electron chi connectivity index (χ2n) is 7.05. The van der Waals surface area contributed by atoms with Crippen LogP contribution in [0, 0.1) is 6.92 Å². The zero-order valence-electron chi connectivity index (χ0n) is 17.6. The highest BCUT2D eigenvalue weighted by atomic mass is 32.2. The van der Waals surface area contributed by atoms with Gasteiger partial charge in [0, 0.05) is 23.9 Å². The van der Waals surface area contributed by atoms with Crippen LogP contribution in [0.15, 0.2) is 53.1 Å². The zero-order valence-corrected chi connectivity index (χ0v) is 18.4. The predicted molar refractivity (Wildman–Crippen MR) is 119 cm³/mol. The Morgan fingerprint density at radius 1 is 1.16 bits per heavy atom. The van der Waals surface area contributed by atoms with Crippen molar-refractivity contribution in [2.75, 3.05) is 24.1 Å². The van der Waals surface area contributed by atoms with E-state index in [0.29, 0.717) is 46.1 Å². The van der Waals surface area contributed by atoms with Gasteiger partial charge in [0.2, 0.25) is 17.6 Å². The fourth-order valence-corrected chi connectivity index (χ4v) is 4.32. The van der Waals surface area contributed by atoms with E-state index in [4.69, 9.17) is 14.0 Å². The minimum Gasteiger partial charge on any atom is -0.497 e. The van der Waals surface area contributed by atoms with Crippen molar-refractivity contribution in [1.29, 1.82) is 0 Å². The number of carbonyl (C=O) groups is 2. The molecule has 0 spiro atoms. The molecule has 1 unspecified atom stereocenters. The molecule has 1 saturated heterocycles. The third-order valence-electron chi connectivity index (χ3n) is 4.84. The molecular formula is C22H22N4O5S. The molecule has 1 atom stereocenters. The SMILES string of the molecule is COc1ccc(NC(=O)C2CSCN2C(=O)c2ccc(OCc3noc(C)n3)cc2)cc1. The zero-order chi connectivity index (χ0) is 22.5. The number of rotatable bonds is 7. The Labute approximate surface area is 189 Å². The van der Waals surface area contributed by atoms with Gasteiger partial charge >= 0.3 is 0 Å². The second kappa shape index (κ2) is 9.73. The van der Waals surface area contributed by atoms with Gasteiger partial charge in [-0.05, 0) is 48.5 Å². The van der Waals surface area contributed by atoms with Gasteiger partial charge in [-0.2, -0.15) is 4.98 Å². The summed E-state index contributed by atoms with van der Waals surface area (Å²) in [6.45, 7) is 1.87. The average molecular weight is 455 g/mol. The molecule has 1 aromatic heterocycles. The molecule has 166 valence electrons. The van der Waals surface area contributed by atoms with E-state index in [1.54, 1.807) is 79.2 Å². The molecule has 3 aromatic rings. The van der Waals surface area contributed by atoms with Crippen LogP contribution in [0.25, 0.3) is 0 Å². The number of nitrogens with one attached hydrogen (secondary N) is 1. The number of nitrogens with zero attached hydrogens (tertiary/aromatic N) is 3. The number of benzene rings is 2. The van der Waals surface area contributed by atoms with Gasteiger partial charge in [0.05, 0.1) is 13.0 Å². The Morgan fingerprint density at radius 2 is 1.88 bits per heavy atom. The molecule has 0 saturated carbocycles. The molecule has 0 radical (unpaired) electrons. The molecule has 1 aliphatic rings. The van der Waals surface area contributed by atoms with Crippen molar-refractivity contribution in [2.45, 2.75) is 19.6 Å². The van der Waals surface area contributed by atoms with Gasteiger partial charge in [0.25, 0.3) is 5.91 Å². The summed E-state index contributed by atoms with van der Waals surface area (Å²) in [6.07, 6.45) is 0. The van der Waals surface area contributed by atoms with E-state index in [1.807, 2.05) is 0 Å². The van der Waals surface area contributed by atoms with E-state index in [1.165, 1.54) is 0 Å². The van der Waals surface area contributed by atoms with Crippen molar-refractivity contribution in [3.05, 3.63) is 65.8 Å². The summed E-state index contributed by atoms with van der Waals surface area (Å²) in [7, 11) is 1.58. The number of anilines is 1. The molecular weight excluding hydrogens is 432 g/mol. The van der Waals surface area contributed by atoms with Crippen molar-refractivity contribution in [2.24, 2.45) is 0 Å². The van der Waals surface area contributed by atoms with Crippen LogP contribution in [0.3, 0.4) is 0 Å². The van der Waals surface area contributed by atoms with E-state index in [0.717, 1.165) is 0 Å². The van der Waals surface area contributed by atoms with Crippen LogP contribution in [0.5, 0.6) is 11.5 Å². The highest BCUT2D eigenvalue weighted by Crippen LogP contribution is 2.25. The summed E-state index contributed by atoms with van der Waals surface area (Å²) in [4.78, 5) is 31.5. The van der Waals surface area contributed by atoms with E-state index in [2.05, 4.69) is 15.5 Å². The van der Waals surface area contributed by atoms with Crippen LogP contribution >= 0.6 is 11.8 Å². The van der Waals surface area contributed by atoms with E-state index in [-0.39, 0.29) is 18.4 Å². The normalized spacial score (nSPS) is 15.4. The number of methoxy groups -OCH3 is 1. The Kier molecular flexibility index (Phi) is 6.60. The number of aromatic nitrogens is 2. The molecule has 1 N–H and O–H groups in total. The molecule has 1 fully saturated rings. The first-order chi connectivity index (χ1) is 15.5. The molecule has 4 rings (SSSR count). The molecule has 2 amide bonds. The van der Waals surface area contributed by atoms with E-state index in [9.17, 15) is 9.59 Å². The number of thioether (sulfide) groups is 1. The van der Waals surface area contributed by atoms with Crippen molar-refractivity contribution in [1.82, 2.24) is 15.0 Å². The summed E-state index contributed by atoms with van der Waals surface area (Å²) >= 11 is 1.55. The predicted octanol–water partition coefficient (Wildman–Crippen LogP) is 3.12. The number of carbonyl (C=O) groups excluding carboxylic acids is 2. The van der Waals surface area contributed by atoms with Gasteiger partial charge in [-0.25, -0.2) is 0 Å². The number of aryl methyl sites for hydroxylation is 1. The maximum atomic E-state index is 13.0. The Morgan fingerprint density at radius 3 is 2.53 bits per heavy atom. The molecule has 0 aliphatic carbocycles. The van der Waals surface area contributed by atoms with Gasteiger partial charge in [0.1, 0.15) is 17.5 Å². The lowest BCUT2D eigenvalue weighted by Gasteiger charge is -2.23. The van der Waals surface area contributed by atoms with Crippen LogP contribution in [0.4, 0.5) is 5.69 Å². The fraction of sp³-hybridized carbons (Fsp3) is 0.273. The van der Waals surface area contributed by atoms with E-state index < -0.39 is 6.04 Å². The molecule has 32 heavy (non-hydrogen) atoms. The molecule has 2 heterocycles.